The highest BCUT2D eigenvalue weighted by Gasteiger charge is 2.51. The monoisotopic (exact) mass is 307 g/mol. The number of aliphatic hydroxyl groups is 1. The molecule has 0 amide bonds. The molecule has 0 aromatic carbocycles. The van der Waals surface area contributed by atoms with Crippen LogP contribution in [-0.4, -0.2) is 55.3 Å². The van der Waals surface area contributed by atoms with E-state index in [9.17, 15) is 5.11 Å². The van der Waals surface area contributed by atoms with Gasteiger partial charge in [0.05, 0.1) is 12.9 Å². The Labute approximate surface area is 126 Å². The number of hydrogen-bond acceptors (Lipinski definition) is 8. The zero-order chi connectivity index (χ0) is 15.5. The lowest BCUT2D eigenvalue weighted by atomic mass is 10.1. The van der Waals surface area contributed by atoms with Gasteiger partial charge in [-0.2, -0.15) is 0 Å². The van der Waals surface area contributed by atoms with Crippen LogP contribution in [0.25, 0.3) is 11.2 Å². The fraction of sp³-hybridized carbons (Fsp3) is 0.615. The largest absolute Gasteiger partial charge is 0.386 e. The molecule has 4 atom stereocenters. The number of nitrogens with zero attached hydrogens (tertiary/aromatic N) is 4. The molecule has 22 heavy (non-hydrogen) atoms. The fourth-order valence-corrected chi connectivity index (χ4v) is 2.93. The second kappa shape index (κ2) is 4.59. The van der Waals surface area contributed by atoms with Gasteiger partial charge in [-0.05, 0) is 13.8 Å². The molecule has 9 heteroatoms. The number of aliphatic hydroxyl groups excluding tert-OH is 1. The van der Waals surface area contributed by atoms with E-state index < -0.39 is 24.2 Å². The van der Waals surface area contributed by atoms with Crippen LogP contribution >= 0.6 is 0 Å². The summed E-state index contributed by atoms with van der Waals surface area (Å²) < 4.78 is 18.9. The van der Waals surface area contributed by atoms with E-state index >= 15 is 0 Å². The lowest BCUT2D eigenvalue weighted by Gasteiger charge is -2.37. The van der Waals surface area contributed by atoms with Crippen molar-refractivity contribution in [2.24, 2.45) is 0 Å². The van der Waals surface area contributed by atoms with E-state index in [-0.39, 0.29) is 11.9 Å². The molecule has 2 aliphatic heterocycles. The maximum atomic E-state index is 10.6. The Morgan fingerprint density at radius 1 is 1.36 bits per heavy atom. The number of hydrogen-bond donors (Lipinski definition) is 2. The highest BCUT2D eigenvalue weighted by atomic mass is 16.7. The zero-order valence-corrected chi connectivity index (χ0v) is 12.2. The van der Waals surface area contributed by atoms with E-state index in [4.69, 9.17) is 19.9 Å². The maximum Gasteiger partial charge on any atom is 0.167 e. The summed E-state index contributed by atoms with van der Waals surface area (Å²) in [5.74, 6) is -0.460. The molecule has 4 heterocycles. The van der Waals surface area contributed by atoms with Gasteiger partial charge in [0, 0.05) is 0 Å². The number of rotatable bonds is 1. The predicted molar refractivity (Wildman–Crippen MR) is 74.6 cm³/mol. The summed E-state index contributed by atoms with van der Waals surface area (Å²) >= 11 is 0. The summed E-state index contributed by atoms with van der Waals surface area (Å²) in [6, 6.07) is 0. The molecule has 2 aromatic heterocycles. The number of anilines is 1. The molecule has 0 spiro atoms. The minimum Gasteiger partial charge on any atom is -0.386 e. The fourth-order valence-electron chi connectivity index (χ4n) is 2.93. The van der Waals surface area contributed by atoms with Crippen LogP contribution in [0.1, 0.15) is 20.1 Å². The second-order valence-corrected chi connectivity index (χ2v) is 5.93. The SMILES string of the molecule is CC1(C)OC[C@H]2O[C@@H](n3cnc4c(N)ncnc43)[C@@H](O)[C@@H]2O1. The van der Waals surface area contributed by atoms with Gasteiger partial charge in [-0.3, -0.25) is 4.57 Å². The number of fused-ring (bicyclic) bond motifs is 2. The van der Waals surface area contributed by atoms with Gasteiger partial charge in [0.15, 0.2) is 23.5 Å². The molecule has 2 saturated heterocycles. The predicted octanol–water partition coefficient (Wildman–Crippen LogP) is -0.182. The molecule has 4 rings (SSSR count). The average molecular weight is 307 g/mol. The molecule has 3 N–H and O–H groups in total. The zero-order valence-electron chi connectivity index (χ0n) is 12.2. The van der Waals surface area contributed by atoms with E-state index in [0.717, 1.165) is 0 Å². The standard InChI is InChI=1S/C13H17N5O4/c1-13(2)20-3-6-9(22-13)8(19)12(21-6)18-5-17-7-10(14)15-4-16-11(7)18/h4-6,8-9,12,19H,3H2,1-2H3,(H2,14,15,16)/t6-,8+,9-,12-/m1/s1. The summed E-state index contributed by atoms with van der Waals surface area (Å²) in [5, 5.41) is 10.6. The summed E-state index contributed by atoms with van der Waals surface area (Å²) in [4.78, 5) is 12.3. The van der Waals surface area contributed by atoms with Crippen molar-refractivity contribution in [3.63, 3.8) is 0 Å². The molecule has 9 nitrogen and oxygen atoms in total. The van der Waals surface area contributed by atoms with Crippen LogP contribution < -0.4 is 5.73 Å². The van der Waals surface area contributed by atoms with E-state index in [0.29, 0.717) is 17.8 Å². The number of nitrogens with two attached hydrogens (primary N) is 1. The number of imidazole rings is 1. The Hall–Kier alpha value is -1.81. The topological polar surface area (TPSA) is 118 Å². The van der Waals surface area contributed by atoms with Gasteiger partial charge in [-0.25, -0.2) is 15.0 Å². The molecule has 0 unspecified atom stereocenters. The molecular formula is C13H17N5O4. The van der Waals surface area contributed by atoms with Crippen molar-refractivity contribution in [3.05, 3.63) is 12.7 Å². The highest BCUT2D eigenvalue weighted by Crippen LogP contribution is 2.38. The quantitative estimate of drug-likeness (QED) is 0.745. The average Bonchev–Trinajstić information content (AvgIpc) is 3.01. The van der Waals surface area contributed by atoms with Crippen LogP contribution in [0.5, 0.6) is 0 Å². The molecule has 0 bridgehead atoms. The van der Waals surface area contributed by atoms with E-state index in [2.05, 4.69) is 15.0 Å². The first-order valence-corrected chi connectivity index (χ1v) is 7.04. The van der Waals surface area contributed by atoms with Crippen molar-refractivity contribution in [1.29, 1.82) is 0 Å². The third-order valence-corrected chi connectivity index (χ3v) is 3.99. The van der Waals surface area contributed by atoms with Crippen molar-refractivity contribution in [2.75, 3.05) is 12.3 Å². The summed E-state index contributed by atoms with van der Waals surface area (Å²) in [7, 11) is 0. The number of ether oxygens (including phenoxy) is 3. The Kier molecular flexibility index (Phi) is 2.89. The third kappa shape index (κ3) is 1.97. The van der Waals surface area contributed by atoms with Crippen LogP contribution in [0, 0.1) is 0 Å². The van der Waals surface area contributed by atoms with Gasteiger partial charge in [0.1, 0.15) is 30.2 Å². The van der Waals surface area contributed by atoms with Crippen molar-refractivity contribution in [3.8, 4) is 0 Å². The van der Waals surface area contributed by atoms with Crippen LogP contribution in [0.3, 0.4) is 0 Å². The molecule has 2 aliphatic rings. The lowest BCUT2D eigenvalue weighted by Crippen LogP contribution is -2.50. The normalized spacial score (nSPS) is 34.0. The summed E-state index contributed by atoms with van der Waals surface area (Å²) in [6.07, 6.45) is 0.559. The van der Waals surface area contributed by atoms with Crippen LogP contribution in [0.2, 0.25) is 0 Å². The molecular weight excluding hydrogens is 290 g/mol. The van der Waals surface area contributed by atoms with Gasteiger partial charge in [-0.15, -0.1) is 0 Å². The Bertz CT molecular complexity index is 718. The number of nitrogen functional groups attached to an aromatic ring is 1. The highest BCUT2D eigenvalue weighted by molar-refractivity contribution is 5.81. The minimum atomic E-state index is -0.859. The Morgan fingerprint density at radius 3 is 3.00 bits per heavy atom. The third-order valence-electron chi connectivity index (χ3n) is 3.99. The Morgan fingerprint density at radius 2 is 2.18 bits per heavy atom. The molecule has 0 aliphatic carbocycles. The van der Waals surface area contributed by atoms with Crippen LogP contribution in [0.15, 0.2) is 12.7 Å². The van der Waals surface area contributed by atoms with E-state index in [1.807, 2.05) is 13.8 Å². The Balaban J connectivity index is 1.70. The molecule has 118 valence electrons. The van der Waals surface area contributed by atoms with Crippen molar-refractivity contribution in [1.82, 2.24) is 19.5 Å². The smallest absolute Gasteiger partial charge is 0.167 e. The van der Waals surface area contributed by atoms with Crippen molar-refractivity contribution in [2.45, 2.75) is 44.2 Å². The minimum absolute atomic E-state index is 0.286. The van der Waals surface area contributed by atoms with Crippen LogP contribution in [0.4, 0.5) is 5.82 Å². The molecule has 2 fully saturated rings. The van der Waals surface area contributed by atoms with Gasteiger partial charge in [0.2, 0.25) is 0 Å². The lowest BCUT2D eigenvalue weighted by molar-refractivity contribution is -0.300. The summed E-state index contributed by atoms with van der Waals surface area (Å²) in [6.45, 7) is 3.97. The van der Waals surface area contributed by atoms with E-state index in [1.54, 1.807) is 4.57 Å². The summed E-state index contributed by atoms with van der Waals surface area (Å²) in [5.41, 5.74) is 6.77. The first-order valence-electron chi connectivity index (χ1n) is 7.04. The van der Waals surface area contributed by atoms with Gasteiger partial charge in [0.25, 0.3) is 0 Å². The first kappa shape index (κ1) is 13.8. The van der Waals surface area contributed by atoms with Crippen LogP contribution in [-0.2, 0) is 14.2 Å². The van der Waals surface area contributed by atoms with Crippen molar-refractivity contribution < 1.29 is 19.3 Å². The maximum absolute atomic E-state index is 10.6. The van der Waals surface area contributed by atoms with Gasteiger partial charge >= 0.3 is 0 Å². The van der Waals surface area contributed by atoms with Gasteiger partial charge < -0.3 is 25.1 Å². The van der Waals surface area contributed by atoms with Gasteiger partial charge in [-0.1, -0.05) is 0 Å². The van der Waals surface area contributed by atoms with E-state index in [1.165, 1.54) is 12.7 Å². The number of aromatic nitrogens is 4. The molecule has 0 radical (unpaired) electrons. The second-order valence-electron chi connectivity index (χ2n) is 5.93. The molecule has 2 aromatic rings. The van der Waals surface area contributed by atoms with Crippen molar-refractivity contribution >= 4 is 17.0 Å². The molecule has 0 saturated carbocycles. The first-order chi connectivity index (χ1) is 10.5.